The van der Waals surface area contributed by atoms with E-state index < -0.39 is 12.3 Å². The quantitative estimate of drug-likeness (QED) is 0.668. The summed E-state index contributed by atoms with van der Waals surface area (Å²) >= 11 is 0. The molecule has 1 aliphatic carbocycles. The van der Waals surface area contributed by atoms with E-state index in [0.717, 1.165) is 0 Å². The van der Waals surface area contributed by atoms with Gasteiger partial charge in [0.25, 0.3) is 0 Å². The number of allylic oxidation sites excluding steroid dienone is 1. The van der Waals surface area contributed by atoms with Gasteiger partial charge in [-0.3, -0.25) is 0 Å². The Hall–Kier alpha value is -1.62. The topological polar surface area (TPSA) is 59.6 Å². The van der Waals surface area contributed by atoms with E-state index >= 15 is 0 Å². The highest BCUT2D eigenvalue weighted by Crippen LogP contribution is 2.35. The summed E-state index contributed by atoms with van der Waals surface area (Å²) < 4.78 is 23.9. The van der Waals surface area contributed by atoms with Gasteiger partial charge in [0.15, 0.2) is 0 Å². The summed E-state index contributed by atoms with van der Waals surface area (Å²) in [5, 5.41) is 19.2. The third-order valence-electron chi connectivity index (χ3n) is 1.85. The predicted octanol–water partition coefficient (Wildman–Crippen LogP) is 1.16. The molecule has 5 heteroatoms. The van der Waals surface area contributed by atoms with E-state index in [2.05, 4.69) is 5.32 Å². The van der Waals surface area contributed by atoms with Gasteiger partial charge in [-0.2, -0.15) is 10.5 Å². The molecule has 1 rings (SSSR count). The number of hydrogen-bond acceptors (Lipinski definition) is 3. The summed E-state index contributed by atoms with van der Waals surface area (Å²) in [5.74, 6) is -0.630. The highest BCUT2D eigenvalue weighted by atomic mass is 19.3. The van der Waals surface area contributed by atoms with Crippen LogP contribution in [0.4, 0.5) is 8.78 Å². The minimum absolute atomic E-state index is 0.0973. The number of halogens is 2. The first-order valence-corrected chi connectivity index (χ1v) is 3.73. The second-order valence-electron chi connectivity index (χ2n) is 2.79. The molecule has 0 amide bonds. The van der Waals surface area contributed by atoms with Gasteiger partial charge in [0, 0.05) is 18.2 Å². The summed E-state index contributed by atoms with van der Waals surface area (Å²) in [7, 11) is 0. The maximum atomic E-state index is 12.0. The van der Waals surface area contributed by atoms with E-state index in [1.165, 1.54) is 6.20 Å². The van der Waals surface area contributed by atoms with E-state index in [1.54, 1.807) is 12.1 Å². The van der Waals surface area contributed by atoms with Crippen LogP contribution in [0.15, 0.2) is 11.8 Å². The van der Waals surface area contributed by atoms with Crippen molar-refractivity contribution < 1.29 is 8.78 Å². The van der Waals surface area contributed by atoms with E-state index in [4.69, 9.17) is 10.5 Å². The van der Waals surface area contributed by atoms with Gasteiger partial charge in [-0.25, -0.2) is 8.78 Å². The molecular weight excluding hydrogens is 176 g/mol. The van der Waals surface area contributed by atoms with Gasteiger partial charge in [0.05, 0.1) is 0 Å². The molecule has 0 aromatic carbocycles. The van der Waals surface area contributed by atoms with Gasteiger partial charge in [0.2, 0.25) is 6.43 Å². The van der Waals surface area contributed by atoms with Crippen molar-refractivity contribution in [1.29, 1.82) is 10.5 Å². The van der Waals surface area contributed by atoms with E-state index in [0.29, 0.717) is 6.42 Å². The molecule has 2 atom stereocenters. The molecule has 68 valence electrons. The fourth-order valence-electron chi connectivity index (χ4n) is 0.965. The van der Waals surface area contributed by atoms with Crippen molar-refractivity contribution in [3.63, 3.8) is 0 Å². The average Bonchev–Trinajstić information content (AvgIpc) is 2.86. The monoisotopic (exact) mass is 183 g/mol. The first kappa shape index (κ1) is 9.47. The number of nitriles is 2. The standard InChI is InChI=1S/C8H7F2N3/c9-8(10)6-1-7(6)13-4-5(2-11)3-12/h4,6-8,13H,1H2/t6-,7-/m0/s1. The van der Waals surface area contributed by atoms with Crippen molar-refractivity contribution >= 4 is 0 Å². The first-order chi connectivity index (χ1) is 6.19. The van der Waals surface area contributed by atoms with Crippen LogP contribution in [0.1, 0.15) is 6.42 Å². The van der Waals surface area contributed by atoms with E-state index in [-0.39, 0.29) is 11.6 Å². The maximum Gasteiger partial charge on any atom is 0.243 e. The number of rotatable bonds is 3. The van der Waals surface area contributed by atoms with Crippen LogP contribution < -0.4 is 5.32 Å². The lowest BCUT2D eigenvalue weighted by Crippen LogP contribution is -2.13. The van der Waals surface area contributed by atoms with Gasteiger partial charge >= 0.3 is 0 Å². The Labute approximate surface area is 74.3 Å². The fraction of sp³-hybridized carbons (Fsp3) is 0.500. The van der Waals surface area contributed by atoms with Crippen LogP contribution in [0.3, 0.4) is 0 Å². The Morgan fingerprint density at radius 3 is 2.46 bits per heavy atom. The molecular formula is C8H7F2N3. The highest BCUT2D eigenvalue weighted by Gasteiger charge is 2.43. The van der Waals surface area contributed by atoms with Crippen molar-refractivity contribution in [3.05, 3.63) is 11.8 Å². The maximum absolute atomic E-state index is 12.0. The van der Waals surface area contributed by atoms with Crippen LogP contribution >= 0.6 is 0 Å². The third kappa shape index (κ3) is 2.41. The van der Waals surface area contributed by atoms with Crippen molar-refractivity contribution in [2.45, 2.75) is 18.9 Å². The van der Waals surface area contributed by atoms with Crippen molar-refractivity contribution in [2.75, 3.05) is 0 Å². The molecule has 0 heterocycles. The molecule has 1 fully saturated rings. The van der Waals surface area contributed by atoms with Crippen LogP contribution in [0.5, 0.6) is 0 Å². The molecule has 1 aliphatic rings. The Kier molecular flexibility index (Phi) is 2.81. The smallest absolute Gasteiger partial charge is 0.243 e. The fourth-order valence-corrected chi connectivity index (χ4v) is 0.965. The van der Waals surface area contributed by atoms with Crippen LogP contribution in [0.2, 0.25) is 0 Å². The van der Waals surface area contributed by atoms with E-state index in [1.807, 2.05) is 0 Å². The molecule has 13 heavy (non-hydrogen) atoms. The van der Waals surface area contributed by atoms with Gasteiger partial charge in [0.1, 0.15) is 17.7 Å². The molecule has 3 nitrogen and oxygen atoms in total. The highest BCUT2D eigenvalue weighted by molar-refractivity contribution is 5.34. The van der Waals surface area contributed by atoms with Crippen LogP contribution in [0, 0.1) is 28.6 Å². The van der Waals surface area contributed by atoms with Crippen LogP contribution in [-0.4, -0.2) is 12.5 Å². The zero-order valence-corrected chi connectivity index (χ0v) is 6.67. The third-order valence-corrected chi connectivity index (χ3v) is 1.85. The molecule has 1 N–H and O–H groups in total. The lowest BCUT2D eigenvalue weighted by atomic mass is 10.3. The summed E-state index contributed by atoms with van der Waals surface area (Å²) in [6, 6.07) is 2.98. The average molecular weight is 183 g/mol. The molecule has 0 aliphatic heterocycles. The van der Waals surface area contributed by atoms with Gasteiger partial charge in [-0.05, 0) is 6.42 Å². The Morgan fingerprint density at radius 1 is 1.46 bits per heavy atom. The zero-order valence-electron chi connectivity index (χ0n) is 6.67. The number of nitrogens with zero attached hydrogens (tertiary/aromatic N) is 2. The molecule has 0 bridgehead atoms. The number of nitrogens with one attached hydrogen (secondary N) is 1. The number of alkyl halides is 2. The normalized spacial score (nSPS) is 24.4. The van der Waals surface area contributed by atoms with Gasteiger partial charge in [-0.1, -0.05) is 0 Å². The van der Waals surface area contributed by atoms with Crippen molar-refractivity contribution in [1.82, 2.24) is 5.32 Å². The largest absolute Gasteiger partial charge is 0.386 e. The molecule has 0 radical (unpaired) electrons. The van der Waals surface area contributed by atoms with Crippen molar-refractivity contribution in [2.24, 2.45) is 5.92 Å². The Morgan fingerprint density at radius 2 is 2.08 bits per heavy atom. The summed E-state index contributed by atoms with van der Waals surface area (Å²) in [6.45, 7) is 0. The molecule has 0 aromatic rings. The predicted molar refractivity (Wildman–Crippen MR) is 40.3 cm³/mol. The van der Waals surface area contributed by atoms with Gasteiger partial charge < -0.3 is 5.32 Å². The lowest BCUT2D eigenvalue weighted by Gasteiger charge is -1.97. The van der Waals surface area contributed by atoms with E-state index in [9.17, 15) is 8.78 Å². The summed E-state index contributed by atoms with van der Waals surface area (Å²) in [6.07, 6.45) is -0.732. The van der Waals surface area contributed by atoms with Crippen LogP contribution in [-0.2, 0) is 0 Å². The van der Waals surface area contributed by atoms with Crippen molar-refractivity contribution in [3.8, 4) is 12.1 Å². The minimum Gasteiger partial charge on any atom is -0.386 e. The minimum atomic E-state index is -2.32. The first-order valence-electron chi connectivity index (χ1n) is 3.73. The number of hydrogen-bond donors (Lipinski definition) is 1. The molecule has 0 aromatic heterocycles. The molecule has 1 saturated carbocycles. The molecule has 0 unspecified atom stereocenters. The molecule has 0 saturated heterocycles. The molecule has 0 spiro atoms. The lowest BCUT2D eigenvalue weighted by molar-refractivity contribution is 0.119. The second-order valence-corrected chi connectivity index (χ2v) is 2.79. The Bertz CT molecular complexity index is 281. The Balaban J connectivity index is 2.35. The second kappa shape index (κ2) is 3.86. The summed E-state index contributed by atoms with van der Waals surface area (Å²) in [5.41, 5.74) is -0.0973. The van der Waals surface area contributed by atoms with Crippen LogP contribution in [0.25, 0.3) is 0 Å². The summed E-state index contributed by atoms with van der Waals surface area (Å²) in [4.78, 5) is 0. The zero-order chi connectivity index (χ0) is 9.84. The van der Waals surface area contributed by atoms with Gasteiger partial charge in [-0.15, -0.1) is 0 Å². The SMILES string of the molecule is N#CC(C#N)=CN[C@H]1C[C@@H]1C(F)F.